The second-order valence-corrected chi connectivity index (χ2v) is 3.90. The summed E-state index contributed by atoms with van der Waals surface area (Å²) in [7, 11) is 0. The first-order valence-electron chi connectivity index (χ1n) is 5.99. The van der Waals surface area contributed by atoms with Crippen LogP contribution in [0.15, 0.2) is 66.0 Å². The Hall–Kier alpha value is -3.56. The van der Waals surface area contributed by atoms with Gasteiger partial charge in [-0.3, -0.25) is 0 Å². The summed E-state index contributed by atoms with van der Waals surface area (Å²) in [6, 6.07) is 6.63. The molecule has 0 spiro atoms. The van der Waals surface area contributed by atoms with Crippen LogP contribution in [0, 0.1) is 0 Å². The molecule has 0 aliphatic carbocycles. The van der Waals surface area contributed by atoms with E-state index in [1.807, 2.05) is 0 Å². The van der Waals surface area contributed by atoms with Crippen LogP contribution in [0.25, 0.3) is 0 Å². The number of nitrogens with two attached hydrogens (primary N) is 4. The minimum atomic E-state index is -0.232. The number of guanidine groups is 2. The lowest BCUT2D eigenvalue weighted by Crippen LogP contribution is -2.24. The molecular weight excluding hydrogens is 288 g/mol. The summed E-state index contributed by atoms with van der Waals surface area (Å²) in [5.74, 6) is 0.242. The van der Waals surface area contributed by atoms with Crippen molar-refractivity contribution in [2.75, 3.05) is 0 Å². The van der Waals surface area contributed by atoms with Crippen LogP contribution in [0.4, 0.5) is 0 Å². The van der Waals surface area contributed by atoms with E-state index in [0.29, 0.717) is 11.5 Å². The van der Waals surface area contributed by atoms with Crippen LogP contribution in [0.2, 0.25) is 0 Å². The SMILES string of the molecule is NC(N)=N/N=C(/C(=N\N=C(N)N)c1ccco1)c1ccco1. The van der Waals surface area contributed by atoms with Gasteiger partial charge in [-0.1, -0.05) is 0 Å². The predicted octanol–water partition coefficient (Wildman–Crippen LogP) is -0.472. The first-order chi connectivity index (χ1) is 10.6. The molecule has 10 nitrogen and oxygen atoms in total. The zero-order valence-corrected chi connectivity index (χ0v) is 11.4. The molecular formula is C12H14N8O2. The number of furan rings is 2. The Balaban J connectivity index is 2.59. The predicted molar refractivity (Wildman–Crippen MR) is 82.1 cm³/mol. The van der Waals surface area contributed by atoms with Gasteiger partial charge in [-0.05, 0) is 24.3 Å². The molecule has 2 heterocycles. The Labute approximate surface area is 124 Å². The normalized spacial score (nSPS) is 12.0. The molecule has 10 heteroatoms. The van der Waals surface area contributed by atoms with E-state index >= 15 is 0 Å². The fourth-order valence-corrected chi connectivity index (χ4v) is 1.47. The van der Waals surface area contributed by atoms with E-state index in [1.165, 1.54) is 12.5 Å². The molecule has 0 atom stereocenters. The van der Waals surface area contributed by atoms with Gasteiger partial charge in [0.25, 0.3) is 0 Å². The summed E-state index contributed by atoms with van der Waals surface area (Å²) in [4.78, 5) is 0. The van der Waals surface area contributed by atoms with E-state index in [2.05, 4.69) is 20.4 Å². The third kappa shape index (κ3) is 3.72. The molecule has 2 aromatic rings. The Morgan fingerprint density at radius 3 is 1.36 bits per heavy atom. The van der Waals surface area contributed by atoms with E-state index in [-0.39, 0.29) is 23.3 Å². The molecule has 8 N–H and O–H groups in total. The van der Waals surface area contributed by atoms with Crippen molar-refractivity contribution in [2.24, 2.45) is 43.3 Å². The molecule has 0 radical (unpaired) electrons. The van der Waals surface area contributed by atoms with Crippen molar-refractivity contribution >= 4 is 23.3 Å². The minimum absolute atomic E-state index is 0.193. The molecule has 0 saturated carbocycles. The van der Waals surface area contributed by atoms with Crippen molar-refractivity contribution in [1.82, 2.24) is 0 Å². The van der Waals surface area contributed by atoms with E-state index < -0.39 is 0 Å². The monoisotopic (exact) mass is 302 g/mol. The quantitative estimate of drug-likeness (QED) is 0.329. The van der Waals surface area contributed by atoms with Gasteiger partial charge >= 0.3 is 0 Å². The highest BCUT2D eigenvalue weighted by molar-refractivity contribution is 6.52. The lowest BCUT2D eigenvalue weighted by molar-refractivity contribution is 0.553. The zero-order chi connectivity index (χ0) is 15.9. The molecule has 2 aromatic heterocycles. The van der Waals surface area contributed by atoms with E-state index in [0.717, 1.165) is 0 Å². The summed E-state index contributed by atoms with van der Waals surface area (Å²) in [5, 5.41) is 15.0. The molecule has 22 heavy (non-hydrogen) atoms. The highest BCUT2D eigenvalue weighted by atomic mass is 16.3. The van der Waals surface area contributed by atoms with Crippen LogP contribution in [-0.2, 0) is 0 Å². The van der Waals surface area contributed by atoms with Crippen molar-refractivity contribution < 1.29 is 8.83 Å². The molecule has 0 bridgehead atoms. The van der Waals surface area contributed by atoms with Gasteiger partial charge in [0, 0.05) is 0 Å². The fraction of sp³-hybridized carbons (Fsp3) is 0. The van der Waals surface area contributed by atoms with Crippen molar-refractivity contribution in [2.45, 2.75) is 0 Å². The largest absolute Gasteiger partial charge is 0.463 e. The van der Waals surface area contributed by atoms with Crippen molar-refractivity contribution in [3.05, 3.63) is 48.3 Å². The standard InChI is InChI=1S/C12H14N8O2/c13-11(14)19-17-9(7-3-1-5-21-7)10(18-20-12(15)16)8-4-2-6-22-8/h1-6H,(H4,13,14,19)(H4,15,16,20)/b17-9-,18-10+. The number of rotatable bonds is 5. The van der Waals surface area contributed by atoms with Gasteiger partial charge in [0.05, 0.1) is 12.5 Å². The molecule has 0 aliphatic heterocycles. The van der Waals surface area contributed by atoms with Gasteiger partial charge in [-0.25, -0.2) is 0 Å². The summed E-state index contributed by atoms with van der Waals surface area (Å²) in [5.41, 5.74) is 21.6. The first-order valence-corrected chi connectivity index (χ1v) is 5.99. The van der Waals surface area contributed by atoms with Gasteiger partial charge in [-0.15, -0.1) is 20.4 Å². The highest BCUT2D eigenvalue weighted by Gasteiger charge is 2.20. The fourth-order valence-electron chi connectivity index (χ4n) is 1.47. The first kappa shape index (κ1) is 14.8. The van der Waals surface area contributed by atoms with E-state index in [1.54, 1.807) is 24.3 Å². The van der Waals surface area contributed by atoms with Crippen LogP contribution in [0.5, 0.6) is 0 Å². The lowest BCUT2D eigenvalue weighted by Gasteiger charge is -2.03. The average molecular weight is 302 g/mol. The van der Waals surface area contributed by atoms with Gasteiger partial charge in [0.1, 0.15) is 0 Å². The Kier molecular flexibility index (Phi) is 4.55. The molecule has 0 amide bonds. The number of hydrogen-bond acceptors (Lipinski definition) is 6. The maximum absolute atomic E-state index is 5.30. The molecule has 114 valence electrons. The van der Waals surface area contributed by atoms with Gasteiger partial charge < -0.3 is 31.8 Å². The summed E-state index contributed by atoms with van der Waals surface area (Å²) >= 11 is 0. The average Bonchev–Trinajstić information content (AvgIpc) is 3.14. The van der Waals surface area contributed by atoms with Crippen LogP contribution in [0.1, 0.15) is 11.5 Å². The van der Waals surface area contributed by atoms with Crippen molar-refractivity contribution in [3.8, 4) is 0 Å². The smallest absolute Gasteiger partial charge is 0.211 e. The number of nitrogens with zero attached hydrogens (tertiary/aromatic N) is 4. The summed E-state index contributed by atoms with van der Waals surface area (Å²) in [6.07, 6.45) is 2.92. The Morgan fingerprint density at radius 2 is 1.09 bits per heavy atom. The maximum Gasteiger partial charge on any atom is 0.211 e. The zero-order valence-electron chi connectivity index (χ0n) is 11.4. The molecule has 2 rings (SSSR count). The highest BCUT2D eigenvalue weighted by Crippen LogP contribution is 2.12. The lowest BCUT2D eigenvalue weighted by atomic mass is 10.1. The van der Waals surface area contributed by atoms with Crippen LogP contribution in [0.3, 0.4) is 0 Å². The third-order valence-corrected chi connectivity index (χ3v) is 2.26. The van der Waals surface area contributed by atoms with Gasteiger partial charge in [0.2, 0.25) is 11.9 Å². The second-order valence-electron chi connectivity index (χ2n) is 3.90. The van der Waals surface area contributed by atoms with Crippen molar-refractivity contribution in [1.29, 1.82) is 0 Å². The van der Waals surface area contributed by atoms with Crippen LogP contribution >= 0.6 is 0 Å². The molecule has 0 unspecified atom stereocenters. The molecule has 0 aromatic carbocycles. The second kappa shape index (κ2) is 6.74. The van der Waals surface area contributed by atoms with E-state index in [9.17, 15) is 0 Å². The van der Waals surface area contributed by atoms with Gasteiger partial charge in [-0.2, -0.15) is 0 Å². The molecule has 0 aliphatic rings. The summed E-state index contributed by atoms with van der Waals surface area (Å²) < 4.78 is 10.6. The third-order valence-electron chi connectivity index (χ3n) is 2.26. The van der Waals surface area contributed by atoms with Gasteiger partial charge in [0.15, 0.2) is 22.9 Å². The minimum Gasteiger partial charge on any atom is -0.463 e. The Morgan fingerprint density at radius 1 is 0.682 bits per heavy atom. The maximum atomic E-state index is 5.30. The van der Waals surface area contributed by atoms with Crippen LogP contribution < -0.4 is 22.9 Å². The molecule has 0 saturated heterocycles. The number of hydrogen-bond donors (Lipinski definition) is 4. The van der Waals surface area contributed by atoms with E-state index in [4.69, 9.17) is 31.8 Å². The topological polar surface area (TPSA) is 180 Å². The molecule has 0 fully saturated rings. The van der Waals surface area contributed by atoms with Crippen LogP contribution in [-0.4, -0.2) is 23.3 Å². The Bertz CT molecular complexity index is 653. The van der Waals surface area contributed by atoms with Crippen molar-refractivity contribution in [3.63, 3.8) is 0 Å². The summed E-state index contributed by atoms with van der Waals surface area (Å²) in [6.45, 7) is 0.